The fraction of sp³-hybridized carbons (Fsp3) is 0.200. The third kappa shape index (κ3) is 2.08. The Kier molecular flexibility index (Phi) is 3.21. The molecule has 0 spiro atoms. The summed E-state index contributed by atoms with van der Waals surface area (Å²) in [7, 11) is 1.48. The lowest BCUT2D eigenvalue weighted by atomic mass is 10.0. The number of ether oxygens (including phenoxy) is 3. The minimum atomic E-state index is -0.178. The molecule has 0 fully saturated rings. The van der Waals surface area contributed by atoms with Crippen molar-refractivity contribution in [3.63, 3.8) is 0 Å². The zero-order valence-electron chi connectivity index (χ0n) is 14.8. The number of phenolic OH excluding ortho intramolecular Hbond substituents is 1. The normalized spacial score (nSPS) is 13.0. The van der Waals surface area contributed by atoms with E-state index in [1.165, 1.54) is 13.2 Å². The molecule has 3 heterocycles. The summed E-state index contributed by atoms with van der Waals surface area (Å²) in [5.74, 6) is 1.52. The molecule has 1 aliphatic rings. The van der Waals surface area contributed by atoms with Gasteiger partial charge in [-0.15, -0.1) is 0 Å². The van der Waals surface area contributed by atoms with Gasteiger partial charge < -0.3 is 23.9 Å². The summed E-state index contributed by atoms with van der Waals surface area (Å²) in [6, 6.07) is 6.81. The van der Waals surface area contributed by atoms with Crippen molar-refractivity contribution < 1.29 is 19.3 Å². The number of phenols is 1. The third-order valence-electron chi connectivity index (χ3n) is 5.00. The van der Waals surface area contributed by atoms with Crippen molar-refractivity contribution in [3.8, 4) is 23.0 Å². The highest BCUT2D eigenvalue weighted by molar-refractivity contribution is 6.15. The summed E-state index contributed by atoms with van der Waals surface area (Å²) in [6.45, 7) is 2.56. The lowest BCUT2D eigenvalue weighted by Gasteiger charge is -2.15. The molecular formula is C20H16N2O5. The average Bonchev–Trinajstić information content (AvgIpc) is 3.13. The predicted molar refractivity (Wildman–Crippen MR) is 101 cm³/mol. The summed E-state index contributed by atoms with van der Waals surface area (Å²) >= 11 is 0. The van der Waals surface area contributed by atoms with Crippen molar-refractivity contribution in [1.29, 1.82) is 0 Å². The standard InChI is InChI=1S/C20H16N2O5/c1-3-22-19-12-6-17-18(27-9-26-17)7-14(12)21-8-13(19)10-5-16(25-2)15(23)4-11(10)20(22)24/h4-8,23H,3,9H2,1-2H3. The van der Waals surface area contributed by atoms with Crippen LogP contribution in [0, 0.1) is 0 Å². The van der Waals surface area contributed by atoms with Crippen LogP contribution in [0.1, 0.15) is 6.92 Å². The molecule has 136 valence electrons. The number of fused-ring (bicyclic) bond motifs is 6. The molecule has 7 heteroatoms. The third-order valence-corrected chi connectivity index (χ3v) is 5.00. The fourth-order valence-corrected chi connectivity index (χ4v) is 3.74. The molecule has 0 amide bonds. The zero-order valence-corrected chi connectivity index (χ0v) is 14.8. The summed E-state index contributed by atoms with van der Waals surface area (Å²) < 4.78 is 17.9. The van der Waals surface area contributed by atoms with Crippen LogP contribution in [0.2, 0.25) is 0 Å². The summed E-state index contributed by atoms with van der Waals surface area (Å²) in [5, 5.41) is 12.8. The first-order valence-corrected chi connectivity index (χ1v) is 8.58. The Morgan fingerprint density at radius 2 is 1.89 bits per heavy atom. The second-order valence-electron chi connectivity index (χ2n) is 6.36. The number of rotatable bonds is 2. The first kappa shape index (κ1) is 15.7. The van der Waals surface area contributed by atoms with E-state index in [1.54, 1.807) is 16.8 Å². The molecule has 2 aromatic heterocycles. The van der Waals surface area contributed by atoms with E-state index in [1.807, 2.05) is 19.1 Å². The summed E-state index contributed by atoms with van der Waals surface area (Å²) in [6.07, 6.45) is 1.74. The van der Waals surface area contributed by atoms with Gasteiger partial charge in [0.05, 0.1) is 23.5 Å². The number of hydrogen-bond donors (Lipinski definition) is 1. The molecular weight excluding hydrogens is 348 g/mol. The number of benzene rings is 2. The van der Waals surface area contributed by atoms with Crippen LogP contribution < -0.4 is 19.8 Å². The quantitative estimate of drug-likeness (QED) is 0.550. The van der Waals surface area contributed by atoms with Gasteiger partial charge in [0.25, 0.3) is 5.56 Å². The van der Waals surface area contributed by atoms with Crippen LogP contribution in [0.3, 0.4) is 0 Å². The van der Waals surface area contributed by atoms with Crippen molar-refractivity contribution in [2.24, 2.45) is 0 Å². The Bertz CT molecular complexity index is 1310. The molecule has 27 heavy (non-hydrogen) atoms. The van der Waals surface area contributed by atoms with E-state index in [-0.39, 0.29) is 18.1 Å². The van der Waals surface area contributed by atoms with Gasteiger partial charge in [0.2, 0.25) is 6.79 Å². The highest BCUT2D eigenvalue weighted by atomic mass is 16.7. The minimum Gasteiger partial charge on any atom is -0.504 e. The lowest BCUT2D eigenvalue weighted by Crippen LogP contribution is -2.20. The molecule has 2 aromatic carbocycles. The summed E-state index contributed by atoms with van der Waals surface area (Å²) in [4.78, 5) is 17.7. The van der Waals surface area contributed by atoms with Gasteiger partial charge in [0.15, 0.2) is 23.0 Å². The van der Waals surface area contributed by atoms with E-state index in [4.69, 9.17) is 14.2 Å². The molecule has 0 bridgehead atoms. The number of pyridine rings is 2. The van der Waals surface area contributed by atoms with E-state index in [2.05, 4.69) is 4.98 Å². The number of aryl methyl sites for hydroxylation is 1. The molecule has 5 rings (SSSR count). The van der Waals surface area contributed by atoms with Gasteiger partial charge in [0, 0.05) is 35.0 Å². The molecule has 0 radical (unpaired) electrons. The highest BCUT2D eigenvalue weighted by Crippen LogP contribution is 2.39. The Balaban J connectivity index is 2.03. The molecule has 1 N–H and O–H groups in total. The molecule has 0 saturated carbocycles. The number of methoxy groups -OCH3 is 1. The fourth-order valence-electron chi connectivity index (χ4n) is 3.74. The molecule has 7 nitrogen and oxygen atoms in total. The minimum absolute atomic E-state index is 0.0683. The van der Waals surface area contributed by atoms with Gasteiger partial charge >= 0.3 is 0 Å². The smallest absolute Gasteiger partial charge is 0.259 e. The second-order valence-corrected chi connectivity index (χ2v) is 6.36. The van der Waals surface area contributed by atoms with Gasteiger partial charge in [0.1, 0.15) is 0 Å². The van der Waals surface area contributed by atoms with E-state index in [0.717, 1.165) is 21.8 Å². The topological polar surface area (TPSA) is 82.8 Å². The van der Waals surface area contributed by atoms with Crippen molar-refractivity contribution in [1.82, 2.24) is 9.55 Å². The van der Waals surface area contributed by atoms with Crippen LogP contribution in [0.5, 0.6) is 23.0 Å². The van der Waals surface area contributed by atoms with E-state index in [9.17, 15) is 9.90 Å². The van der Waals surface area contributed by atoms with Crippen LogP contribution in [0.15, 0.2) is 35.3 Å². The molecule has 1 aliphatic heterocycles. The van der Waals surface area contributed by atoms with Crippen LogP contribution in [-0.4, -0.2) is 28.6 Å². The molecule has 0 unspecified atom stereocenters. The average molecular weight is 364 g/mol. The van der Waals surface area contributed by atoms with Crippen molar-refractivity contribution in [3.05, 3.63) is 40.8 Å². The van der Waals surface area contributed by atoms with E-state index >= 15 is 0 Å². The molecule has 0 saturated heterocycles. The highest BCUT2D eigenvalue weighted by Gasteiger charge is 2.20. The Labute approximate surface area is 153 Å². The summed E-state index contributed by atoms with van der Waals surface area (Å²) in [5.41, 5.74) is 1.31. The first-order valence-electron chi connectivity index (χ1n) is 8.58. The van der Waals surface area contributed by atoms with Gasteiger partial charge in [-0.1, -0.05) is 0 Å². The van der Waals surface area contributed by atoms with Crippen LogP contribution >= 0.6 is 0 Å². The molecule has 4 aromatic rings. The van der Waals surface area contributed by atoms with Crippen LogP contribution in [0.25, 0.3) is 32.6 Å². The maximum atomic E-state index is 13.1. The Morgan fingerprint density at radius 3 is 2.63 bits per heavy atom. The molecule has 0 atom stereocenters. The predicted octanol–water partition coefficient (Wildman–Crippen LogP) is 3.17. The number of hydrogen-bond acceptors (Lipinski definition) is 6. The SMILES string of the molecule is CCn1c(=O)c2cc(O)c(OC)cc2c2cnc3cc4c(cc3c21)OCO4. The maximum Gasteiger partial charge on any atom is 0.259 e. The Hall–Kier alpha value is -3.48. The largest absolute Gasteiger partial charge is 0.504 e. The lowest BCUT2D eigenvalue weighted by molar-refractivity contribution is 0.174. The first-order chi connectivity index (χ1) is 13.1. The number of nitrogens with zero attached hydrogens (tertiary/aromatic N) is 2. The number of aromatic nitrogens is 2. The van der Waals surface area contributed by atoms with Gasteiger partial charge in [-0.3, -0.25) is 9.78 Å². The monoisotopic (exact) mass is 364 g/mol. The van der Waals surface area contributed by atoms with Crippen LogP contribution in [0.4, 0.5) is 0 Å². The second kappa shape index (κ2) is 5.51. The van der Waals surface area contributed by atoms with Gasteiger partial charge in [-0.2, -0.15) is 0 Å². The van der Waals surface area contributed by atoms with E-state index < -0.39 is 0 Å². The molecule has 0 aliphatic carbocycles. The van der Waals surface area contributed by atoms with Crippen molar-refractivity contribution in [2.45, 2.75) is 13.5 Å². The van der Waals surface area contributed by atoms with Crippen molar-refractivity contribution in [2.75, 3.05) is 13.9 Å². The van der Waals surface area contributed by atoms with Crippen LogP contribution in [-0.2, 0) is 6.54 Å². The van der Waals surface area contributed by atoms with Crippen molar-refractivity contribution >= 4 is 32.6 Å². The maximum absolute atomic E-state index is 13.1. The van der Waals surface area contributed by atoms with Gasteiger partial charge in [-0.25, -0.2) is 0 Å². The van der Waals surface area contributed by atoms with Gasteiger partial charge in [-0.05, 0) is 25.1 Å². The Morgan fingerprint density at radius 1 is 1.11 bits per heavy atom. The number of aromatic hydroxyl groups is 1. The zero-order chi connectivity index (χ0) is 18.7. The van der Waals surface area contributed by atoms with E-state index in [0.29, 0.717) is 34.6 Å².